The first-order chi connectivity index (χ1) is 57.2. The predicted octanol–water partition coefficient (Wildman–Crippen LogP) is 26.8. The van der Waals surface area contributed by atoms with Crippen LogP contribution in [-0.4, -0.2) is 56.7 Å². The summed E-state index contributed by atoms with van der Waals surface area (Å²) in [6.45, 7) is 18.0. The van der Waals surface area contributed by atoms with E-state index in [1.54, 1.807) is 31.0 Å². The molecule has 126 heavy (non-hydrogen) atoms. The van der Waals surface area contributed by atoms with E-state index in [1.165, 1.54) is 48.3 Å². The Bertz CT molecular complexity index is 5100. The molecule has 660 valence electrons. The zero-order valence-electron chi connectivity index (χ0n) is 72.3. The molecule has 0 saturated heterocycles. The van der Waals surface area contributed by atoms with Crippen LogP contribution < -0.4 is 0 Å². The number of aromatic nitrogens is 7. The molecule has 0 fully saturated rings. The SMILES string of the molecule is CC(=O)C=C(C)O.CC(C)(C)C(=O)C=C(O)C(C)(C)C.Cc1cccc(-c2[c-]ccc(-c3ccccc3)c2)n1.Cc1cccc(-c2[c-]cccc2)n1.[CH3-].[CH3-].[Ir].[Ir].[Ir].[Ir].[Ir].[Ir].[c-]1ccc(-c2ccccc2)cc1-c1ccccn1.[c-]1ccccc1-c1ccccn1.[c-]1ccccc1-c1ccccn1.[c-]1ccccc1-c1ccccn1.[c-]1ccccc1-c1ccccn1. The second-order valence-electron chi connectivity index (χ2n) is 28.3. The minimum atomic E-state index is -0.417. The van der Waals surface area contributed by atoms with Gasteiger partial charge in [-0.1, -0.05) is 187 Å². The fourth-order valence-corrected chi connectivity index (χ4v) is 10.5. The van der Waals surface area contributed by atoms with Crippen molar-refractivity contribution in [2.45, 2.75) is 69.2 Å². The van der Waals surface area contributed by atoms with Crippen LogP contribution in [0.5, 0.6) is 0 Å². The number of hydrogen-bond acceptors (Lipinski definition) is 11. The van der Waals surface area contributed by atoms with E-state index >= 15 is 0 Å². The summed E-state index contributed by atoms with van der Waals surface area (Å²) < 4.78 is 0. The molecule has 6 radical (unpaired) electrons. The first-order valence-electron chi connectivity index (χ1n) is 38.4. The van der Waals surface area contributed by atoms with E-state index in [4.69, 9.17) is 5.11 Å². The number of allylic oxidation sites excluding steroid dienone is 4. The van der Waals surface area contributed by atoms with Gasteiger partial charge in [0.2, 0.25) is 0 Å². The Kier molecular flexibility index (Phi) is 58.7. The Morgan fingerprint density at radius 2 is 0.532 bits per heavy atom. The molecule has 0 aliphatic heterocycles. The summed E-state index contributed by atoms with van der Waals surface area (Å²) in [6, 6.07) is 136. The van der Waals surface area contributed by atoms with Crippen molar-refractivity contribution in [1.29, 1.82) is 0 Å². The van der Waals surface area contributed by atoms with Crippen molar-refractivity contribution in [2.24, 2.45) is 10.8 Å². The quantitative estimate of drug-likeness (QED) is 0.0719. The number of aryl methyl sites for hydroxylation is 2. The van der Waals surface area contributed by atoms with E-state index in [1.807, 2.05) is 341 Å². The molecule has 17 heteroatoms. The van der Waals surface area contributed by atoms with Crippen molar-refractivity contribution in [3.05, 3.63) is 469 Å². The van der Waals surface area contributed by atoms with Gasteiger partial charge in [-0.2, -0.15) is 0 Å². The fraction of sp³-hybridized carbons (Fsp3) is 0.110. The Labute approximate surface area is 829 Å². The molecule has 0 bridgehead atoms. The number of rotatable bonds is 11. The summed E-state index contributed by atoms with van der Waals surface area (Å²) in [7, 11) is 0. The molecule has 16 aromatic rings. The molecule has 0 atom stereocenters. The zero-order valence-corrected chi connectivity index (χ0v) is 86.7. The second-order valence-corrected chi connectivity index (χ2v) is 28.3. The molecule has 9 aromatic carbocycles. The summed E-state index contributed by atoms with van der Waals surface area (Å²) in [5.74, 6) is 0.0415. The zero-order chi connectivity index (χ0) is 84.0. The first kappa shape index (κ1) is 115. The van der Waals surface area contributed by atoms with Gasteiger partial charge in [0.25, 0.3) is 0 Å². The van der Waals surface area contributed by atoms with Crippen molar-refractivity contribution >= 4 is 11.6 Å². The molecule has 0 aliphatic rings. The van der Waals surface area contributed by atoms with Crippen LogP contribution in [0.4, 0.5) is 0 Å². The smallest absolute Gasteiger partial charge is 0.164 e. The number of aliphatic hydroxyl groups is 2. The average molecular weight is 2730 g/mol. The molecule has 7 heterocycles. The first-order valence-corrected chi connectivity index (χ1v) is 38.4. The molecule has 7 aromatic heterocycles. The summed E-state index contributed by atoms with van der Waals surface area (Å²) in [5.41, 5.74) is 20.2. The normalized spacial score (nSPS) is 9.86. The van der Waals surface area contributed by atoms with E-state index in [9.17, 15) is 14.7 Å². The topological polar surface area (TPSA) is 165 Å². The van der Waals surface area contributed by atoms with Crippen molar-refractivity contribution < 1.29 is 140 Å². The molecule has 0 spiro atoms. The van der Waals surface area contributed by atoms with Gasteiger partial charge in [-0.05, 0) is 121 Å². The van der Waals surface area contributed by atoms with Crippen molar-refractivity contribution in [3.63, 3.8) is 0 Å². The Morgan fingerprint density at radius 3 is 0.770 bits per heavy atom. The van der Waals surface area contributed by atoms with Gasteiger partial charge in [0.1, 0.15) is 5.76 Å². The summed E-state index contributed by atoms with van der Waals surface area (Å²) in [6.07, 6.45) is 11.5. The van der Waals surface area contributed by atoms with Gasteiger partial charge in [-0.3, -0.25) is 9.59 Å². The van der Waals surface area contributed by atoms with E-state index in [2.05, 4.69) is 138 Å². The largest absolute Gasteiger partial charge is 0.512 e. The summed E-state index contributed by atoms with van der Waals surface area (Å²) in [4.78, 5) is 51.7. The summed E-state index contributed by atoms with van der Waals surface area (Å²) in [5, 5.41) is 17.9. The fourth-order valence-electron chi connectivity index (χ4n) is 10.5. The number of nitrogens with zero attached hydrogens (tertiary/aromatic N) is 7. The maximum atomic E-state index is 11.5. The molecule has 11 nitrogen and oxygen atoms in total. The van der Waals surface area contributed by atoms with Gasteiger partial charge >= 0.3 is 0 Å². The molecule has 16 rings (SSSR count). The standard InChI is InChI=1S/C18H14N.C17H12N.C12H10N.4C11H8N.C11H20O2.C5H8O2.2CH3.6Ir/c1-14-7-5-12-18(19-14)17-11-6-10-16(13-17)15-8-3-2-4-9-15;1-2-7-14(8-3-1)15-9-6-10-16(13-15)17-11-4-5-12-18-17;1-10-6-5-9-12(13-10)11-7-3-2-4-8-11;4*1-2-6-10(7-3-1)11-8-4-5-9-12-11;1-10(2,3)8(12)7-9(13)11(4,5)6;1-4(6)3-5(2)7;;;;;;;;/h2-10,12-13H,1H3;1-9,11-13H;2-7,9H,1H3;4*1-6,8-9H;7,12H,1-6H3;3,6H,1-2H3;2*1H3;;;;;;/q7*-1;;;2*-1;;;;;;. The Hall–Kier alpha value is -10.7. The van der Waals surface area contributed by atoms with Crippen LogP contribution in [-0.2, 0) is 130 Å². The molecular formula is C109H102Ir6N7O4-9. The van der Waals surface area contributed by atoms with Gasteiger partial charge in [-0.15, -0.1) is 250 Å². The minimum absolute atomic E-state index is 0. The number of carbonyl (C=O) groups excluding carboxylic acids is 2. The van der Waals surface area contributed by atoms with Crippen molar-refractivity contribution in [1.82, 2.24) is 34.9 Å². The molecule has 0 unspecified atom stereocenters. The van der Waals surface area contributed by atoms with E-state index in [0.29, 0.717) is 0 Å². The van der Waals surface area contributed by atoms with Gasteiger partial charge in [0, 0.05) is 186 Å². The second kappa shape index (κ2) is 64.1. The van der Waals surface area contributed by atoms with E-state index < -0.39 is 5.41 Å². The number of ketones is 2. The van der Waals surface area contributed by atoms with Gasteiger partial charge in [-0.25, -0.2) is 0 Å². The van der Waals surface area contributed by atoms with Crippen LogP contribution in [0.1, 0.15) is 66.8 Å². The minimum Gasteiger partial charge on any atom is -0.512 e. The molecular weight excluding hydrogens is 2620 g/mol. The Balaban J connectivity index is 0.00000140. The van der Waals surface area contributed by atoms with Crippen molar-refractivity contribution in [3.8, 4) is 101 Å². The molecule has 0 saturated carbocycles. The molecule has 0 amide bonds. The number of pyridine rings is 7. The average Bonchev–Trinajstić information content (AvgIpc) is 0.837. The monoisotopic (exact) mass is 2730 g/mol. The van der Waals surface area contributed by atoms with Crippen LogP contribution in [0.25, 0.3) is 101 Å². The van der Waals surface area contributed by atoms with Crippen LogP contribution in [0.2, 0.25) is 0 Å². The van der Waals surface area contributed by atoms with E-state index in [-0.39, 0.29) is 164 Å². The van der Waals surface area contributed by atoms with Crippen LogP contribution in [0, 0.1) is 82.0 Å². The third-order valence-electron chi connectivity index (χ3n) is 16.6. The van der Waals surface area contributed by atoms with Gasteiger partial charge in [0.15, 0.2) is 11.6 Å². The number of carbonyl (C=O) groups is 2. The number of hydrogen-bond donors (Lipinski definition) is 2. The molecule has 0 aliphatic carbocycles. The number of benzene rings is 9. The number of aliphatic hydroxyl groups excluding tert-OH is 2. The third kappa shape index (κ3) is 43.5. The maximum absolute atomic E-state index is 11.5. The predicted molar refractivity (Wildman–Crippen MR) is 494 cm³/mol. The maximum Gasteiger partial charge on any atom is 0.164 e. The van der Waals surface area contributed by atoms with Gasteiger partial charge in [0.05, 0.1) is 5.76 Å². The van der Waals surface area contributed by atoms with Crippen molar-refractivity contribution in [2.75, 3.05) is 0 Å². The molecule has 2 N–H and O–H groups in total. The Morgan fingerprint density at radius 1 is 0.278 bits per heavy atom. The summed E-state index contributed by atoms with van der Waals surface area (Å²) >= 11 is 0. The van der Waals surface area contributed by atoms with Crippen LogP contribution >= 0.6 is 0 Å². The van der Waals surface area contributed by atoms with Crippen LogP contribution in [0.15, 0.2) is 400 Å². The van der Waals surface area contributed by atoms with E-state index in [0.717, 1.165) is 90.2 Å². The third-order valence-corrected chi connectivity index (χ3v) is 16.6. The van der Waals surface area contributed by atoms with Gasteiger partial charge < -0.3 is 60.0 Å². The van der Waals surface area contributed by atoms with Crippen LogP contribution in [0.3, 0.4) is 0 Å².